The average Bonchev–Trinajstić information content (AvgIpc) is 3.25. The number of hydrogen-bond acceptors (Lipinski definition) is 2. The third-order valence-corrected chi connectivity index (χ3v) is 7.62. The number of pyridine rings is 2. The summed E-state index contributed by atoms with van der Waals surface area (Å²) in [6.07, 6.45) is 3.63. The second kappa shape index (κ2) is 12.1. The fraction of sp³-hybridized carbons (Fsp3) is 0.105. The van der Waals surface area contributed by atoms with Gasteiger partial charge in [-0.2, -0.15) is 0 Å². The van der Waals surface area contributed by atoms with Gasteiger partial charge in [0.05, 0.1) is 0 Å². The molecule has 41 heavy (non-hydrogen) atoms. The zero-order valence-electron chi connectivity index (χ0n) is 23.4. The van der Waals surface area contributed by atoms with Crippen LogP contribution in [-0.2, 0) is 25.5 Å². The minimum Gasteiger partial charge on any atom is -0.305 e. The van der Waals surface area contributed by atoms with E-state index in [0.717, 1.165) is 22.5 Å². The van der Waals surface area contributed by atoms with Gasteiger partial charge in [0.2, 0.25) is 0 Å². The van der Waals surface area contributed by atoms with Gasteiger partial charge < -0.3 is 9.97 Å². The zero-order valence-corrected chi connectivity index (χ0v) is 25.7. The van der Waals surface area contributed by atoms with Crippen molar-refractivity contribution in [1.82, 2.24) is 9.97 Å². The van der Waals surface area contributed by atoms with E-state index < -0.39 is 0 Å². The molecule has 2 aromatic heterocycles. The molecule has 7 rings (SSSR count). The molecule has 1 aliphatic rings. The Kier molecular flexibility index (Phi) is 8.40. The van der Waals surface area contributed by atoms with Crippen LogP contribution in [0.4, 0.5) is 0 Å². The van der Waals surface area contributed by atoms with Gasteiger partial charge in [-0.15, -0.1) is 70.8 Å². The van der Waals surface area contributed by atoms with E-state index in [-0.39, 0.29) is 25.5 Å². The number of hydrogen-bond donors (Lipinski definition) is 0. The second-order valence-electron chi connectivity index (χ2n) is 10.5. The van der Waals surface area contributed by atoms with Crippen molar-refractivity contribution >= 4 is 0 Å². The summed E-state index contributed by atoms with van der Waals surface area (Å²) < 4.78 is 0. The molecule has 203 valence electrons. The van der Waals surface area contributed by atoms with Crippen molar-refractivity contribution in [3.8, 4) is 44.8 Å². The molecule has 0 fully saturated rings. The number of aryl methyl sites for hydroxylation is 1. The molecule has 2 nitrogen and oxygen atoms in total. The van der Waals surface area contributed by atoms with Crippen molar-refractivity contribution in [1.29, 1.82) is 0 Å². The van der Waals surface area contributed by atoms with Crippen molar-refractivity contribution in [2.45, 2.75) is 26.2 Å². The van der Waals surface area contributed by atoms with Crippen LogP contribution in [0.25, 0.3) is 44.8 Å². The molecular formula is C38H30IrN2-2. The van der Waals surface area contributed by atoms with Gasteiger partial charge in [0.15, 0.2) is 0 Å². The fourth-order valence-electron chi connectivity index (χ4n) is 5.70. The minimum absolute atomic E-state index is 0. The summed E-state index contributed by atoms with van der Waals surface area (Å²) in [5, 5.41) is 0. The molecule has 0 saturated carbocycles. The summed E-state index contributed by atoms with van der Waals surface area (Å²) >= 11 is 0. The third-order valence-electron chi connectivity index (χ3n) is 7.62. The predicted octanol–water partition coefficient (Wildman–Crippen LogP) is 9.38. The van der Waals surface area contributed by atoms with Crippen molar-refractivity contribution < 1.29 is 20.1 Å². The average molecular weight is 707 g/mol. The van der Waals surface area contributed by atoms with E-state index in [9.17, 15) is 0 Å². The molecule has 0 unspecified atom stereocenters. The van der Waals surface area contributed by atoms with E-state index in [1.54, 1.807) is 6.20 Å². The number of fused-ring (bicyclic) bond motifs is 3. The molecule has 0 saturated heterocycles. The maximum Gasteiger partial charge on any atom is 0.0164 e. The minimum atomic E-state index is -0.0206. The molecule has 0 N–H and O–H groups in total. The number of aromatic nitrogens is 2. The molecule has 6 aromatic rings. The van der Waals surface area contributed by atoms with Crippen LogP contribution in [-0.4, -0.2) is 9.97 Å². The Balaban J connectivity index is 0.000000204. The fourth-order valence-corrected chi connectivity index (χ4v) is 5.70. The van der Waals surface area contributed by atoms with E-state index in [2.05, 4.69) is 104 Å². The Morgan fingerprint density at radius 1 is 0.610 bits per heavy atom. The molecule has 0 spiro atoms. The zero-order chi connectivity index (χ0) is 27.5. The smallest absolute Gasteiger partial charge is 0.0164 e. The first-order chi connectivity index (χ1) is 19.5. The van der Waals surface area contributed by atoms with E-state index in [4.69, 9.17) is 0 Å². The number of nitrogens with zero attached hydrogens (tertiary/aromatic N) is 2. The van der Waals surface area contributed by atoms with E-state index in [1.807, 2.05) is 60.8 Å². The molecule has 0 bridgehead atoms. The quantitative estimate of drug-likeness (QED) is 0.172. The van der Waals surface area contributed by atoms with Crippen molar-refractivity contribution in [3.63, 3.8) is 0 Å². The summed E-state index contributed by atoms with van der Waals surface area (Å²) in [6, 6.07) is 46.2. The van der Waals surface area contributed by atoms with Gasteiger partial charge in [-0.3, -0.25) is 0 Å². The summed E-state index contributed by atoms with van der Waals surface area (Å²) in [5.74, 6) is 0. The molecule has 3 heteroatoms. The Morgan fingerprint density at radius 3 is 2.02 bits per heavy atom. The largest absolute Gasteiger partial charge is 0.305 e. The number of benzene rings is 4. The summed E-state index contributed by atoms with van der Waals surface area (Å²) in [6.45, 7) is 6.73. The first-order valence-electron chi connectivity index (χ1n) is 13.6. The SMILES string of the molecule is CC1(C)c2ccccc2-c2cccc(-c3cc[c-]c(-c4ccccn4)c3)c21.Cc1ccc[c-]c1-c1ccccn1.[Ir]. The van der Waals surface area contributed by atoms with Crippen LogP contribution in [0.1, 0.15) is 30.5 Å². The monoisotopic (exact) mass is 707 g/mol. The molecule has 4 aromatic carbocycles. The third kappa shape index (κ3) is 5.57. The van der Waals surface area contributed by atoms with Crippen molar-refractivity contribution in [2.24, 2.45) is 0 Å². The molecule has 2 heterocycles. The number of rotatable bonds is 3. The van der Waals surface area contributed by atoms with Gasteiger partial charge in [0, 0.05) is 37.9 Å². The normalized spacial score (nSPS) is 12.3. The molecular weight excluding hydrogens is 677 g/mol. The first kappa shape index (κ1) is 28.4. The Bertz CT molecular complexity index is 1780. The van der Waals surface area contributed by atoms with Gasteiger partial charge >= 0.3 is 0 Å². The van der Waals surface area contributed by atoms with Crippen LogP contribution in [0.15, 0.2) is 128 Å². The first-order valence-corrected chi connectivity index (χ1v) is 13.6. The van der Waals surface area contributed by atoms with Gasteiger partial charge in [0.1, 0.15) is 0 Å². The molecule has 1 aliphatic carbocycles. The summed E-state index contributed by atoms with van der Waals surface area (Å²) in [5.41, 5.74) is 13.3. The van der Waals surface area contributed by atoms with E-state index >= 15 is 0 Å². The Morgan fingerprint density at radius 2 is 1.29 bits per heavy atom. The maximum absolute atomic E-state index is 4.49. The topological polar surface area (TPSA) is 25.8 Å². The standard InChI is InChI=1S/C26H20N.C12H10N.Ir/c1-26(2)23-14-4-3-11-21(23)22-13-8-12-20(25(22)26)18-9-7-10-19(17-18)24-15-5-6-16-27-24;1-10-6-2-3-7-11(10)12-8-4-5-9-13-12;/h3-9,11-17H,1-2H3;2-6,8-9H,1H3;/q2*-1;. The Hall–Kier alpha value is -4.17. The van der Waals surface area contributed by atoms with Crippen LogP contribution in [0.3, 0.4) is 0 Å². The van der Waals surface area contributed by atoms with Crippen LogP contribution in [0.2, 0.25) is 0 Å². The molecule has 0 aliphatic heterocycles. The van der Waals surface area contributed by atoms with Crippen LogP contribution < -0.4 is 0 Å². The predicted molar refractivity (Wildman–Crippen MR) is 165 cm³/mol. The summed E-state index contributed by atoms with van der Waals surface area (Å²) in [4.78, 5) is 8.76. The van der Waals surface area contributed by atoms with Gasteiger partial charge in [-0.25, -0.2) is 0 Å². The molecule has 0 atom stereocenters. The van der Waals surface area contributed by atoms with Crippen LogP contribution in [0, 0.1) is 19.1 Å². The van der Waals surface area contributed by atoms with Gasteiger partial charge in [-0.1, -0.05) is 87.5 Å². The van der Waals surface area contributed by atoms with Crippen molar-refractivity contribution in [2.75, 3.05) is 0 Å². The van der Waals surface area contributed by atoms with Crippen LogP contribution >= 0.6 is 0 Å². The van der Waals surface area contributed by atoms with Gasteiger partial charge in [-0.05, 0) is 51.3 Å². The van der Waals surface area contributed by atoms with E-state index in [0.29, 0.717) is 0 Å². The Labute approximate surface area is 256 Å². The molecule has 1 radical (unpaired) electrons. The van der Waals surface area contributed by atoms with Crippen LogP contribution in [0.5, 0.6) is 0 Å². The maximum atomic E-state index is 4.49. The summed E-state index contributed by atoms with van der Waals surface area (Å²) in [7, 11) is 0. The second-order valence-corrected chi connectivity index (χ2v) is 10.5. The van der Waals surface area contributed by atoms with Gasteiger partial charge in [0.25, 0.3) is 0 Å². The molecule has 0 amide bonds. The van der Waals surface area contributed by atoms with Crippen molar-refractivity contribution in [3.05, 3.63) is 156 Å². The van der Waals surface area contributed by atoms with E-state index in [1.165, 1.54) is 38.9 Å².